The lowest BCUT2D eigenvalue weighted by atomic mass is 10.0. The number of hydrogen-bond donors (Lipinski definition) is 3. The van der Waals surface area contributed by atoms with Crippen LogP contribution in [0.5, 0.6) is 0 Å². The van der Waals surface area contributed by atoms with Gasteiger partial charge in [-0.15, -0.1) is 0 Å². The molecule has 0 aliphatic rings. The van der Waals surface area contributed by atoms with Crippen LogP contribution in [-0.4, -0.2) is 46.9 Å². The van der Waals surface area contributed by atoms with Crippen LogP contribution in [0.15, 0.2) is 24.3 Å². The van der Waals surface area contributed by atoms with E-state index < -0.39 is 18.2 Å². The second-order valence-corrected chi connectivity index (χ2v) is 19.0. The van der Waals surface area contributed by atoms with E-state index in [2.05, 4.69) is 50.4 Å². The third-order valence-corrected chi connectivity index (χ3v) is 12.8. The van der Waals surface area contributed by atoms with Crippen molar-refractivity contribution in [2.75, 3.05) is 6.61 Å². The quantitative estimate of drug-likeness (QED) is 0.0321. The molecule has 0 saturated heterocycles. The van der Waals surface area contributed by atoms with E-state index in [0.717, 1.165) is 70.6 Å². The van der Waals surface area contributed by atoms with Crippen LogP contribution in [0.3, 0.4) is 0 Å². The first-order chi connectivity index (χ1) is 30.5. The van der Waals surface area contributed by atoms with Gasteiger partial charge in [0.25, 0.3) is 0 Å². The molecule has 62 heavy (non-hydrogen) atoms. The van der Waals surface area contributed by atoms with E-state index in [-0.39, 0.29) is 24.9 Å². The summed E-state index contributed by atoms with van der Waals surface area (Å²) in [5.74, 6) is -0.485. The third kappa shape index (κ3) is 44.9. The molecule has 3 unspecified atom stereocenters. The Kier molecular flexibility index (Phi) is 49.0. The largest absolute Gasteiger partial charge is 0.462 e. The number of aliphatic hydroxyl groups is 2. The summed E-state index contributed by atoms with van der Waals surface area (Å²) in [6.07, 6.45) is 58.1. The van der Waals surface area contributed by atoms with E-state index in [1.54, 1.807) is 0 Å². The zero-order valence-electron chi connectivity index (χ0n) is 41.8. The number of carbonyl (C=O) groups is 2. The summed E-state index contributed by atoms with van der Waals surface area (Å²) >= 11 is 0. The highest BCUT2D eigenvalue weighted by molar-refractivity contribution is 5.77. The molecule has 0 heterocycles. The molecular weight excluding hydrogens is 767 g/mol. The monoisotopic (exact) mass is 874 g/mol. The first kappa shape index (κ1) is 60.3. The third-order valence-electron chi connectivity index (χ3n) is 12.8. The Bertz CT molecular complexity index is 981. The van der Waals surface area contributed by atoms with Crippen molar-refractivity contribution in [1.82, 2.24) is 5.32 Å². The van der Waals surface area contributed by atoms with E-state index in [9.17, 15) is 19.8 Å². The van der Waals surface area contributed by atoms with Gasteiger partial charge in [-0.3, -0.25) is 9.59 Å². The zero-order chi connectivity index (χ0) is 45.2. The molecule has 6 heteroatoms. The van der Waals surface area contributed by atoms with Crippen molar-refractivity contribution >= 4 is 11.9 Å². The van der Waals surface area contributed by atoms with E-state index >= 15 is 0 Å². The van der Waals surface area contributed by atoms with Crippen LogP contribution in [0, 0.1) is 0 Å². The Balaban J connectivity index is 4.55. The van der Waals surface area contributed by atoms with Crippen molar-refractivity contribution in [2.45, 2.75) is 315 Å². The lowest BCUT2D eigenvalue weighted by molar-refractivity contribution is -0.151. The SMILES string of the molecule is CCCCCCCCC/C=C/CCCCCC(CC(=O)NC(CO)C(O)CCCCCCCCCCCCC)OC(=O)CCCCCCC/C=C/CCCCCCCCCCC. The van der Waals surface area contributed by atoms with Gasteiger partial charge in [-0.05, 0) is 77.0 Å². The Hall–Kier alpha value is -1.66. The van der Waals surface area contributed by atoms with Gasteiger partial charge in [-0.1, -0.05) is 231 Å². The lowest BCUT2D eigenvalue weighted by Crippen LogP contribution is -2.46. The Morgan fingerprint density at radius 2 is 0.774 bits per heavy atom. The van der Waals surface area contributed by atoms with Crippen LogP contribution >= 0.6 is 0 Å². The fourth-order valence-corrected chi connectivity index (χ4v) is 8.54. The molecule has 0 bridgehead atoms. The summed E-state index contributed by atoms with van der Waals surface area (Å²) in [5, 5.41) is 23.8. The maximum Gasteiger partial charge on any atom is 0.306 e. The van der Waals surface area contributed by atoms with Crippen LogP contribution < -0.4 is 5.32 Å². The molecule has 0 saturated carbocycles. The minimum atomic E-state index is -0.789. The molecule has 366 valence electrons. The minimum absolute atomic E-state index is 0.0679. The number of ether oxygens (including phenoxy) is 1. The predicted octanol–water partition coefficient (Wildman–Crippen LogP) is 16.7. The van der Waals surface area contributed by atoms with Crippen LogP contribution in [0.2, 0.25) is 0 Å². The average Bonchev–Trinajstić information content (AvgIpc) is 3.26. The highest BCUT2D eigenvalue weighted by Crippen LogP contribution is 2.18. The molecule has 0 radical (unpaired) electrons. The van der Waals surface area contributed by atoms with Crippen LogP contribution in [0.25, 0.3) is 0 Å². The summed E-state index contributed by atoms with van der Waals surface area (Å²) in [5.41, 5.74) is 0. The number of aliphatic hydroxyl groups excluding tert-OH is 2. The van der Waals surface area contributed by atoms with E-state index in [1.165, 1.54) is 180 Å². The average molecular weight is 874 g/mol. The van der Waals surface area contributed by atoms with Crippen LogP contribution in [-0.2, 0) is 14.3 Å². The molecule has 0 aromatic heterocycles. The molecule has 0 aliphatic heterocycles. The van der Waals surface area contributed by atoms with Gasteiger partial charge >= 0.3 is 5.97 Å². The summed E-state index contributed by atoms with van der Waals surface area (Å²) in [4.78, 5) is 26.2. The normalized spacial score (nSPS) is 13.3. The number of allylic oxidation sites excluding steroid dienone is 4. The predicted molar refractivity (Wildman–Crippen MR) is 269 cm³/mol. The van der Waals surface area contributed by atoms with Gasteiger partial charge in [0.05, 0.1) is 25.2 Å². The number of hydrogen-bond acceptors (Lipinski definition) is 5. The lowest BCUT2D eigenvalue weighted by Gasteiger charge is -2.24. The van der Waals surface area contributed by atoms with Gasteiger partial charge in [-0.25, -0.2) is 0 Å². The molecule has 3 N–H and O–H groups in total. The van der Waals surface area contributed by atoms with Crippen molar-refractivity contribution < 1.29 is 24.5 Å². The second-order valence-electron chi connectivity index (χ2n) is 19.0. The Labute approximate surface area is 386 Å². The Morgan fingerprint density at radius 1 is 0.452 bits per heavy atom. The summed E-state index contributed by atoms with van der Waals surface area (Å²) in [6, 6.07) is -0.704. The van der Waals surface area contributed by atoms with Crippen LogP contribution in [0.4, 0.5) is 0 Å². The summed E-state index contributed by atoms with van der Waals surface area (Å²) in [7, 11) is 0. The highest BCUT2D eigenvalue weighted by Gasteiger charge is 2.24. The smallest absolute Gasteiger partial charge is 0.306 e. The fraction of sp³-hybridized carbons (Fsp3) is 0.893. The molecule has 0 spiro atoms. The number of esters is 1. The van der Waals surface area contributed by atoms with Crippen molar-refractivity contribution in [3.8, 4) is 0 Å². The van der Waals surface area contributed by atoms with Crippen molar-refractivity contribution in [2.24, 2.45) is 0 Å². The van der Waals surface area contributed by atoms with E-state index in [0.29, 0.717) is 19.3 Å². The number of rotatable bonds is 50. The fourth-order valence-electron chi connectivity index (χ4n) is 8.54. The maximum atomic E-state index is 13.2. The van der Waals surface area contributed by atoms with Crippen molar-refractivity contribution in [3.05, 3.63) is 24.3 Å². The van der Waals surface area contributed by atoms with Gasteiger partial charge in [-0.2, -0.15) is 0 Å². The molecule has 0 aromatic carbocycles. The maximum absolute atomic E-state index is 13.2. The first-order valence-corrected chi connectivity index (χ1v) is 27.6. The van der Waals surface area contributed by atoms with Gasteiger partial charge in [0.1, 0.15) is 6.10 Å². The molecule has 0 rings (SSSR count). The molecule has 0 aromatic rings. The number of unbranched alkanes of at least 4 members (excludes halogenated alkanes) is 34. The Morgan fingerprint density at radius 3 is 1.16 bits per heavy atom. The van der Waals surface area contributed by atoms with E-state index in [4.69, 9.17) is 4.74 Å². The van der Waals surface area contributed by atoms with Gasteiger partial charge in [0.2, 0.25) is 5.91 Å². The van der Waals surface area contributed by atoms with E-state index in [1.807, 2.05) is 0 Å². The molecule has 3 atom stereocenters. The number of amides is 1. The van der Waals surface area contributed by atoms with Gasteiger partial charge < -0.3 is 20.3 Å². The molecule has 0 aliphatic carbocycles. The number of nitrogens with one attached hydrogen (secondary N) is 1. The van der Waals surface area contributed by atoms with Crippen molar-refractivity contribution in [1.29, 1.82) is 0 Å². The van der Waals surface area contributed by atoms with Crippen molar-refractivity contribution in [3.63, 3.8) is 0 Å². The standard InChI is InChI=1S/C56H107NO5/c1-4-7-10-13-16-19-22-24-26-27-28-29-31-34-37-40-43-46-49-56(61)62-52(47-44-41-38-35-33-30-25-23-20-17-14-11-8-5-2)50-55(60)57-53(51-58)54(59)48-45-42-39-36-32-21-18-15-12-9-6-3/h28-30,33,52-54,58-59H,4-27,31-32,34-51H2,1-3H3,(H,57,60)/b29-28+,33-30+. The molecule has 0 fully saturated rings. The highest BCUT2D eigenvalue weighted by atomic mass is 16.5. The molecule has 6 nitrogen and oxygen atoms in total. The number of carbonyl (C=O) groups excluding carboxylic acids is 2. The summed E-state index contributed by atoms with van der Waals surface area (Å²) < 4.78 is 5.94. The first-order valence-electron chi connectivity index (χ1n) is 27.6. The molecular formula is C56H107NO5. The minimum Gasteiger partial charge on any atom is -0.462 e. The second kappa shape index (κ2) is 50.3. The molecule has 1 amide bonds. The topological polar surface area (TPSA) is 95.9 Å². The van der Waals surface area contributed by atoms with Gasteiger partial charge in [0.15, 0.2) is 0 Å². The van der Waals surface area contributed by atoms with Gasteiger partial charge in [0, 0.05) is 6.42 Å². The summed E-state index contributed by atoms with van der Waals surface area (Å²) in [6.45, 7) is 6.49. The van der Waals surface area contributed by atoms with Crippen LogP contribution in [0.1, 0.15) is 297 Å². The zero-order valence-corrected chi connectivity index (χ0v) is 41.8.